The fraction of sp³-hybridized carbons (Fsp3) is 0.429. The van der Waals surface area contributed by atoms with E-state index in [1.807, 2.05) is 18.2 Å². The van der Waals surface area contributed by atoms with E-state index < -0.39 is 0 Å². The minimum absolute atomic E-state index is 0.477. The molecule has 1 aliphatic heterocycles. The lowest BCUT2D eigenvalue weighted by Crippen LogP contribution is -2.54. The number of anilines is 1. The molecule has 0 spiro atoms. The second-order valence-electron chi connectivity index (χ2n) is 5.16. The van der Waals surface area contributed by atoms with E-state index in [1.54, 1.807) is 11.3 Å². The summed E-state index contributed by atoms with van der Waals surface area (Å²) in [4.78, 5) is 7.02. The molecular formula is C14H16N4S. The molecule has 1 aromatic carbocycles. The van der Waals surface area contributed by atoms with Crippen molar-refractivity contribution >= 4 is 26.7 Å². The van der Waals surface area contributed by atoms with Crippen LogP contribution in [0.1, 0.15) is 19.4 Å². The van der Waals surface area contributed by atoms with Crippen molar-refractivity contribution in [2.24, 2.45) is 0 Å². The van der Waals surface area contributed by atoms with Gasteiger partial charge >= 0.3 is 0 Å². The first kappa shape index (κ1) is 12.4. The molecule has 1 aliphatic rings. The molecule has 0 amide bonds. The van der Waals surface area contributed by atoms with E-state index in [0.717, 1.165) is 28.4 Å². The molecular weight excluding hydrogens is 256 g/mol. The van der Waals surface area contributed by atoms with Crippen molar-refractivity contribution in [3.05, 3.63) is 23.8 Å². The maximum Gasteiger partial charge on any atom is 0.186 e. The van der Waals surface area contributed by atoms with Gasteiger partial charge in [0.1, 0.15) is 0 Å². The maximum absolute atomic E-state index is 8.94. The first-order valence-corrected chi connectivity index (χ1v) is 7.29. The quantitative estimate of drug-likeness (QED) is 0.866. The van der Waals surface area contributed by atoms with Crippen LogP contribution in [-0.2, 0) is 0 Å². The Morgan fingerprint density at radius 1 is 1.37 bits per heavy atom. The smallest absolute Gasteiger partial charge is 0.186 e. The van der Waals surface area contributed by atoms with E-state index in [0.29, 0.717) is 17.6 Å². The molecule has 0 radical (unpaired) electrons. The van der Waals surface area contributed by atoms with Crippen LogP contribution in [0.5, 0.6) is 0 Å². The van der Waals surface area contributed by atoms with E-state index >= 15 is 0 Å². The van der Waals surface area contributed by atoms with Crippen molar-refractivity contribution in [1.29, 1.82) is 5.26 Å². The number of nitriles is 1. The molecule has 0 unspecified atom stereocenters. The number of benzene rings is 1. The van der Waals surface area contributed by atoms with Crippen molar-refractivity contribution in [3.63, 3.8) is 0 Å². The molecule has 4 nitrogen and oxygen atoms in total. The van der Waals surface area contributed by atoms with Crippen LogP contribution in [0.15, 0.2) is 18.2 Å². The van der Waals surface area contributed by atoms with Crippen molar-refractivity contribution in [3.8, 4) is 6.07 Å². The molecule has 3 rings (SSSR count). The van der Waals surface area contributed by atoms with Gasteiger partial charge in [-0.1, -0.05) is 11.3 Å². The summed E-state index contributed by atoms with van der Waals surface area (Å²) < 4.78 is 1.09. The van der Waals surface area contributed by atoms with Crippen molar-refractivity contribution in [1.82, 2.24) is 10.3 Å². The van der Waals surface area contributed by atoms with Gasteiger partial charge in [0.15, 0.2) is 5.13 Å². The Hall–Kier alpha value is -1.64. The third-order valence-corrected chi connectivity index (χ3v) is 4.41. The number of hydrogen-bond donors (Lipinski definition) is 1. The fourth-order valence-corrected chi connectivity index (χ4v) is 3.62. The number of rotatable bonds is 1. The average molecular weight is 272 g/mol. The summed E-state index contributed by atoms with van der Waals surface area (Å²) in [6.07, 6.45) is 0. The standard InChI is InChI=1S/C14H16N4S/c1-9-7-18(8-10(2)16-9)14-17-12-4-3-11(6-15)5-13(12)19-14/h3-5,9-10,16H,7-8H2,1-2H3/t9-,10-/m1/s1. The highest BCUT2D eigenvalue weighted by Crippen LogP contribution is 2.30. The molecule has 2 atom stereocenters. The SMILES string of the molecule is C[C@@H]1CN(c2nc3ccc(C#N)cc3s2)C[C@@H](C)N1. The Bertz CT molecular complexity index is 632. The monoisotopic (exact) mass is 272 g/mol. The fourth-order valence-electron chi connectivity index (χ4n) is 2.60. The zero-order valence-electron chi connectivity index (χ0n) is 11.1. The number of aromatic nitrogens is 1. The van der Waals surface area contributed by atoms with Gasteiger partial charge in [0.05, 0.1) is 21.8 Å². The van der Waals surface area contributed by atoms with E-state index in [-0.39, 0.29) is 0 Å². The van der Waals surface area contributed by atoms with Crippen LogP contribution in [0.3, 0.4) is 0 Å². The second-order valence-corrected chi connectivity index (χ2v) is 6.17. The van der Waals surface area contributed by atoms with Gasteiger partial charge in [-0.25, -0.2) is 4.98 Å². The maximum atomic E-state index is 8.94. The van der Waals surface area contributed by atoms with E-state index in [4.69, 9.17) is 5.26 Å². The van der Waals surface area contributed by atoms with Crippen molar-refractivity contribution in [2.75, 3.05) is 18.0 Å². The minimum Gasteiger partial charge on any atom is -0.345 e. The number of nitrogens with zero attached hydrogens (tertiary/aromatic N) is 3. The predicted octanol–water partition coefficient (Wildman–Crippen LogP) is 2.35. The zero-order valence-corrected chi connectivity index (χ0v) is 11.9. The number of hydrogen-bond acceptors (Lipinski definition) is 5. The van der Waals surface area contributed by atoms with E-state index in [1.165, 1.54) is 0 Å². The molecule has 1 fully saturated rings. The highest BCUT2D eigenvalue weighted by atomic mass is 32.1. The number of fused-ring (bicyclic) bond motifs is 1. The lowest BCUT2D eigenvalue weighted by atomic mass is 10.2. The van der Waals surface area contributed by atoms with Gasteiger partial charge in [0.25, 0.3) is 0 Å². The Morgan fingerprint density at radius 2 is 2.11 bits per heavy atom. The summed E-state index contributed by atoms with van der Waals surface area (Å²) in [6, 6.07) is 8.82. The minimum atomic E-state index is 0.477. The van der Waals surface area contributed by atoms with Gasteiger partial charge in [-0.05, 0) is 32.0 Å². The van der Waals surface area contributed by atoms with Crippen LogP contribution in [-0.4, -0.2) is 30.2 Å². The second kappa shape index (κ2) is 4.80. The molecule has 1 aromatic heterocycles. The molecule has 2 aromatic rings. The van der Waals surface area contributed by atoms with Gasteiger partial charge in [-0.2, -0.15) is 5.26 Å². The molecule has 0 bridgehead atoms. The molecule has 1 N–H and O–H groups in total. The highest BCUT2D eigenvalue weighted by molar-refractivity contribution is 7.22. The number of nitrogens with one attached hydrogen (secondary N) is 1. The van der Waals surface area contributed by atoms with Gasteiger partial charge in [-0.3, -0.25) is 0 Å². The first-order valence-electron chi connectivity index (χ1n) is 6.47. The summed E-state index contributed by atoms with van der Waals surface area (Å²) in [5.41, 5.74) is 1.68. The Labute approximate surface area is 116 Å². The average Bonchev–Trinajstić information content (AvgIpc) is 2.80. The topological polar surface area (TPSA) is 52.0 Å². The molecule has 0 aliphatic carbocycles. The van der Waals surface area contributed by atoms with Crippen LogP contribution in [0, 0.1) is 11.3 Å². The van der Waals surface area contributed by atoms with E-state index in [2.05, 4.69) is 35.1 Å². The zero-order chi connectivity index (χ0) is 13.4. The number of thiazole rings is 1. The van der Waals surface area contributed by atoms with Crippen LogP contribution < -0.4 is 10.2 Å². The van der Waals surface area contributed by atoms with Crippen LogP contribution in [0.4, 0.5) is 5.13 Å². The molecule has 2 heterocycles. The van der Waals surface area contributed by atoms with Gasteiger partial charge in [-0.15, -0.1) is 0 Å². The lowest BCUT2D eigenvalue weighted by Gasteiger charge is -2.35. The van der Waals surface area contributed by atoms with Crippen LogP contribution >= 0.6 is 11.3 Å². The van der Waals surface area contributed by atoms with Gasteiger partial charge in [0.2, 0.25) is 0 Å². The third kappa shape index (κ3) is 2.42. The molecule has 98 valence electrons. The van der Waals surface area contributed by atoms with Crippen molar-refractivity contribution < 1.29 is 0 Å². The predicted molar refractivity (Wildman–Crippen MR) is 78.6 cm³/mol. The number of piperazine rings is 1. The summed E-state index contributed by atoms with van der Waals surface area (Å²) in [7, 11) is 0. The van der Waals surface area contributed by atoms with Crippen molar-refractivity contribution in [2.45, 2.75) is 25.9 Å². The highest BCUT2D eigenvalue weighted by Gasteiger charge is 2.23. The summed E-state index contributed by atoms with van der Waals surface area (Å²) in [5.74, 6) is 0. The van der Waals surface area contributed by atoms with E-state index in [9.17, 15) is 0 Å². The molecule has 0 saturated carbocycles. The molecule has 19 heavy (non-hydrogen) atoms. The summed E-state index contributed by atoms with van der Waals surface area (Å²) in [6.45, 7) is 6.36. The molecule has 1 saturated heterocycles. The van der Waals surface area contributed by atoms with Gasteiger partial charge < -0.3 is 10.2 Å². The Kier molecular flexibility index (Phi) is 3.13. The normalized spacial score (nSPS) is 23.5. The summed E-state index contributed by atoms with van der Waals surface area (Å²) in [5, 5.41) is 13.5. The Balaban J connectivity index is 1.95. The molecule has 5 heteroatoms. The van der Waals surface area contributed by atoms with Gasteiger partial charge in [0, 0.05) is 25.2 Å². The Morgan fingerprint density at radius 3 is 2.79 bits per heavy atom. The third-order valence-electron chi connectivity index (χ3n) is 3.33. The largest absolute Gasteiger partial charge is 0.345 e. The first-order chi connectivity index (χ1) is 9.15. The summed E-state index contributed by atoms with van der Waals surface area (Å²) >= 11 is 1.67. The lowest BCUT2D eigenvalue weighted by molar-refractivity contribution is 0.407. The van der Waals surface area contributed by atoms with Crippen LogP contribution in [0.25, 0.3) is 10.2 Å². The van der Waals surface area contributed by atoms with Crippen LogP contribution in [0.2, 0.25) is 0 Å².